The standard InChI is InChI=1S/C18H33NO4/c19-17(21)14-10-7-9-13-16(20)12-8-5-3-1-2-4-6-11-15-18(22)23/h5,8,16,20H,1-4,6-7,9-15H2,(H2,19,21)(H,22,23)/b8-5-/t16-/m0/s1. The Labute approximate surface area is 140 Å². The average molecular weight is 327 g/mol. The van der Waals surface area contributed by atoms with E-state index in [0.29, 0.717) is 12.8 Å². The molecule has 0 spiro atoms. The Morgan fingerprint density at radius 1 is 0.870 bits per heavy atom. The highest BCUT2D eigenvalue weighted by molar-refractivity contribution is 5.73. The van der Waals surface area contributed by atoms with Crippen LogP contribution >= 0.6 is 0 Å². The van der Waals surface area contributed by atoms with Crippen molar-refractivity contribution in [1.82, 2.24) is 0 Å². The van der Waals surface area contributed by atoms with Gasteiger partial charge in [-0.15, -0.1) is 0 Å². The van der Waals surface area contributed by atoms with Crippen LogP contribution in [0.5, 0.6) is 0 Å². The molecule has 0 aromatic carbocycles. The SMILES string of the molecule is NC(=O)CCCCC[C@@H](O)C/C=C\CCCCCCCC(=O)O. The quantitative estimate of drug-likeness (QED) is 0.298. The summed E-state index contributed by atoms with van der Waals surface area (Å²) in [5.74, 6) is -0.963. The molecule has 0 heterocycles. The van der Waals surface area contributed by atoms with E-state index in [9.17, 15) is 14.7 Å². The largest absolute Gasteiger partial charge is 0.481 e. The fraction of sp³-hybridized carbons (Fsp3) is 0.778. The van der Waals surface area contributed by atoms with Gasteiger partial charge in [0, 0.05) is 12.8 Å². The van der Waals surface area contributed by atoms with Crippen molar-refractivity contribution in [3.05, 3.63) is 12.2 Å². The van der Waals surface area contributed by atoms with Gasteiger partial charge in [-0.1, -0.05) is 44.3 Å². The van der Waals surface area contributed by atoms with Gasteiger partial charge >= 0.3 is 5.97 Å². The molecule has 0 aliphatic carbocycles. The Morgan fingerprint density at radius 2 is 1.48 bits per heavy atom. The Hall–Kier alpha value is -1.36. The highest BCUT2D eigenvalue weighted by Crippen LogP contribution is 2.10. The molecule has 0 fully saturated rings. The molecule has 0 saturated heterocycles. The van der Waals surface area contributed by atoms with E-state index in [1.807, 2.05) is 6.08 Å². The molecule has 0 bridgehead atoms. The summed E-state index contributed by atoms with van der Waals surface area (Å²) < 4.78 is 0. The fourth-order valence-corrected chi connectivity index (χ4v) is 2.41. The second kappa shape index (κ2) is 15.5. The van der Waals surface area contributed by atoms with E-state index in [-0.39, 0.29) is 18.4 Å². The number of aliphatic hydroxyl groups excluding tert-OH is 1. The number of carbonyl (C=O) groups excluding carboxylic acids is 1. The van der Waals surface area contributed by atoms with Crippen LogP contribution in [0.15, 0.2) is 12.2 Å². The molecule has 0 aliphatic rings. The first-order valence-electron chi connectivity index (χ1n) is 8.85. The summed E-state index contributed by atoms with van der Waals surface area (Å²) in [5, 5.41) is 18.3. The third kappa shape index (κ3) is 18.6. The Bertz CT molecular complexity index is 342. The number of rotatable bonds is 16. The Morgan fingerprint density at radius 3 is 2.17 bits per heavy atom. The van der Waals surface area contributed by atoms with Gasteiger partial charge in [0.15, 0.2) is 0 Å². The number of carboxylic acids is 1. The van der Waals surface area contributed by atoms with E-state index in [2.05, 4.69) is 6.08 Å². The van der Waals surface area contributed by atoms with E-state index < -0.39 is 5.97 Å². The summed E-state index contributed by atoms with van der Waals surface area (Å²) in [4.78, 5) is 20.9. The maximum atomic E-state index is 10.6. The number of amides is 1. The lowest BCUT2D eigenvalue weighted by Gasteiger charge is -2.07. The first-order chi connectivity index (χ1) is 11.0. The number of primary amides is 1. The third-order valence-corrected chi connectivity index (χ3v) is 3.80. The molecule has 0 aliphatic heterocycles. The van der Waals surface area contributed by atoms with Gasteiger partial charge in [0.25, 0.3) is 0 Å². The summed E-state index contributed by atoms with van der Waals surface area (Å²) in [7, 11) is 0. The van der Waals surface area contributed by atoms with Crippen molar-refractivity contribution >= 4 is 11.9 Å². The molecule has 5 heteroatoms. The van der Waals surface area contributed by atoms with Crippen molar-refractivity contribution in [2.24, 2.45) is 5.73 Å². The molecule has 0 radical (unpaired) electrons. The summed E-state index contributed by atoms with van der Waals surface area (Å²) >= 11 is 0. The first kappa shape index (κ1) is 21.6. The number of unbranched alkanes of at least 4 members (excludes halogenated alkanes) is 7. The van der Waals surface area contributed by atoms with E-state index in [4.69, 9.17) is 10.8 Å². The van der Waals surface area contributed by atoms with Crippen molar-refractivity contribution in [2.75, 3.05) is 0 Å². The van der Waals surface area contributed by atoms with Gasteiger partial charge in [0.2, 0.25) is 5.91 Å². The monoisotopic (exact) mass is 327 g/mol. The van der Waals surface area contributed by atoms with Gasteiger partial charge in [-0.05, 0) is 38.5 Å². The minimum absolute atomic E-state index is 0.254. The van der Waals surface area contributed by atoms with Crippen LogP contribution < -0.4 is 5.73 Å². The number of nitrogens with two attached hydrogens (primary N) is 1. The molecule has 4 N–H and O–H groups in total. The van der Waals surface area contributed by atoms with E-state index >= 15 is 0 Å². The van der Waals surface area contributed by atoms with Gasteiger partial charge in [0.05, 0.1) is 6.10 Å². The maximum absolute atomic E-state index is 10.6. The zero-order chi connectivity index (χ0) is 17.3. The van der Waals surface area contributed by atoms with Crippen molar-refractivity contribution in [2.45, 2.75) is 89.6 Å². The lowest BCUT2D eigenvalue weighted by molar-refractivity contribution is -0.137. The summed E-state index contributed by atoms with van der Waals surface area (Å²) in [6.45, 7) is 0. The van der Waals surface area contributed by atoms with Crippen LogP contribution in [0.4, 0.5) is 0 Å². The van der Waals surface area contributed by atoms with Crippen molar-refractivity contribution in [3.8, 4) is 0 Å². The van der Waals surface area contributed by atoms with Crippen LogP contribution in [0, 0.1) is 0 Å². The minimum Gasteiger partial charge on any atom is -0.481 e. The second-order valence-electron chi connectivity index (χ2n) is 6.13. The number of aliphatic carboxylic acids is 1. The topological polar surface area (TPSA) is 101 Å². The Balaban J connectivity index is 3.31. The average Bonchev–Trinajstić information content (AvgIpc) is 2.48. The first-order valence-corrected chi connectivity index (χ1v) is 8.85. The minimum atomic E-state index is -0.709. The molecule has 0 aromatic heterocycles. The zero-order valence-corrected chi connectivity index (χ0v) is 14.2. The summed E-state index contributed by atoms with van der Waals surface area (Å²) in [5.41, 5.74) is 5.06. The maximum Gasteiger partial charge on any atom is 0.303 e. The fourth-order valence-electron chi connectivity index (χ4n) is 2.41. The lowest BCUT2D eigenvalue weighted by Crippen LogP contribution is -2.10. The van der Waals surface area contributed by atoms with Crippen LogP contribution in [0.3, 0.4) is 0 Å². The smallest absolute Gasteiger partial charge is 0.303 e. The van der Waals surface area contributed by atoms with Gasteiger partial charge in [-0.3, -0.25) is 9.59 Å². The van der Waals surface area contributed by atoms with Gasteiger partial charge < -0.3 is 15.9 Å². The van der Waals surface area contributed by atoms with Crippen LogP contribution in [0.2, 0.25) is 0 Å². The predicted molar refractivity (Wildman–Crippen MR) is 92.0 cm³/mol. The molecule has 0 rings (SSSR count). The summed E-state index contributed by atoms with van der Waals surface area (Å²) in [6.07, 6.45) is 14.8. The number of hydrogen-bond acceptors (Lipinski definition) is 3. The zero-order valence-electron chi connectivity index (χ0n) is 14.2. The summed E-state index contributed by atoms with van der Waals surface area (Å²) in [6, 6.07) is 0. The van der Waals surface area contributed by atoms with Crippen molar-refractivity contribution in [1.29, 1.82) is 0 Å². The number of aliphatic hydroxyl groups is 1. The molecule has 134 valence electrons. The highest BCUT2D eigenvalue weighted by Gasteiger charge is 2.02. The molecule has 23 heavy (non-hydrogen) atoms. The molecular formula is C18H33NO4. The highest BCUT2D eigenvalue weighted by atomic mass is 16.4. The van der Waals surface area contributed by atoms with Gasteiger partial charge in [-0.25, -0.2) is 0 Å². The molecule has 5 nitrogen and oxygen atoms in total. The molecule has 1 amide bonds. The second-order valence-corrected chi connectivity index (χ2v) is 6.13. The van der Waals surface area contributed by atoms with Crippen molar-refractivity contribution < 1.29 is 19.8 Å². The Kier molecular flexibility index (Phi) is 14.6. The molecule has 0 saturated carbocycles. The van der Waals surface area contributed by atoms with Crippen LogP contribution in [0.25, 0.3) is 0 Å². The number of hydrogen-bond donors (Lipinski definition) is 3. The molecule has 0 unspecified atom stereocenters. The van der Waals surface area contributed by atoms with E-state index in [1.54, 1.807) is 0 Å². The third-order valence-electron chi connectivity index (χ3n) is 3.80. The van der Waals surface area contributed by atoms with Crippen LogP contribution in [-0.4, -0.2) is 28.2 Å². The van der Waals surface area contributed by atoms with Crippen molar-refractivity contribution in [3.63, 3.8) is 0 Å². The number of allylic oxidation sites excluding steroid dienone is 1. The number of carboxylic acid groups (broad SMARTS) is 1. The molecular weight excluding hydrogens is 294 g/mol. The predicted octanol–water partition coefficient (Wildman–Crippen LogP) is 3.54. The normalized spacial score (nSPS) is 12.6. The van der Waals surface area contributed by atoms with Crippen LogP contribution in [-0.2, 0) is 9.59 Å². The van der Waals surface area contributed by atoms with Gasteiger partial charge in [0.1, 0.15) is 0 Å². The molecule has 0 aromatic rings. The van der Waals surface area contributed by atoms with Crippen LogP contribution in [0.1, 0.15) is 83.5 Å². The van der Waals surface area contributed by atoms with E-state index in [0.717, 1.165) is 64.2 Å². The lowest BCUT2D eigenvalue weighted by atomic mass is 10.1. The van der Waals surface area contributed by atoms with Gasteiger partial charge in [-0.2, -0.15) is 0 Å². The molecule has 1 atom stereocenters. The van der Waals surface area contributed by atoms with E-state index in [1.165, 1.54) is 0 Å². The number of carbonyl (C=O) groups is 2.